The van der Waals surface area contributed by atoms with E-state index in [9.17, 15) is 9.59 Å². The van der Waals surface area contributed by atoms with Crippen LogP contribution in [0.5, 0.6) is 0 Å². The van der Waals surface area contributed by atoms with E-state index in [-0.39, 0.29) is 24.4 Å². The molecule has 5 rings (SSSR count). The van der Waals surface area contributed by atoms with Crippen LogP contribution in [0.25, 0.3) is 0 Å². The lowest BCUT2D eigenvalue weighted by Crippen LogP contribution is -2.51. The van der Waals surface area contributed by atoms with Crippen LogP contribution in [0, 0.1) is 11.8 Å². The van der Waals surface area contributed by atoms with E-state index in [1.54, 1.807) is 18.2 Å². The van der Waals surface area contributed by atoms with Crippen LogP contribution in [0.3, 0.4) is 0 Å². The lowest BCUT2D eigenvalue weighted by atomic mass is 9.76. The number of amidine groups is 1. The van der Waals surface area contributed by atoms with Crippen LogP contribution in [0.1, 0.15) is 99.7 Å². The summed E-state index contributed by atoms with van der Waals surface area (Å²) < 4.78 is 0. The van der Waals surface area contributed by atoms with Gasteiger partial charge in [0.2, 0.25) is 0 Å². The van der Waals surface area contributed by atoms with Crippen LogP contribution in [0.2, 0.25) is 10.0 Å². The fourth-order valence-corrected chi connectivity index (χ4v) is 7.07. The van der Waals surface area contributed by atoms with Crippen LogP contribution >= 0.6 is 23.2 Å². The van der Waals surface area contributed by atoms with Gasteiger partial charge in [0.1, 0.15) is 11.4 Å². The minimum absolute atomic E-state index is 0.0869. The Morgan fingerprint density at radius 2 is 1.77 bits per heavy atom. The highest BCUT2D eigenvalue weighted by Gasteiger charge is 2.52. The molecule has 2 heterocycles. The van der Waals surface area contributed by atoms with Crippen molar-refractivity contribution in [2.45, 2.75) is 83.8 Å². The zero-order valence-electron chi connectivity index (χ0n) is 25.2. The first-order valence-corrected chi connectivity index (χ1v) is 16.2. The summed E-state index contributed by atoms with van der Waals surface area (Å²) in [5.41, 5.74) is 1.99. The largest absolute Gasteiger partial charge is 0.345 e. The van der Waals surface area contributed by atoms with Crippen molar-refractivity contribution in [1.29, 1.82) is 0 Å². The molecule has 0 radical (unpaired) electrons. The van der Waals surface area contributed by atoms with Gasteiger partial charge in [0.15, 0.2) is 12.5 Å². The number of amides is 2. The molecule has 43 heavy (non-hydrogen) atoms. The molecule has 0 aromatic heterocycles. The van der Waals surface area contributed by atoms with Crippen molar-refractivity contribution in [2.24, 2.45) is 32.0 Å². The number of unbranched alkanes of at least 4 members (excludes halogenated alkanes) is 2. The molecule has 3 aliphatic rings. The van der Waals surface area contributed by atoms with Crippen LogP contribution in [-0.2, 0) is 4.79 Å². The van der Waals surface area contributed by atoms with E-state index in [4.69, 9.17) is 28.2 Å². The topological polar surface area (TPSA) is 98.9 Å². The molecule has 0 bridgehead atoms. The molecule has 1 N–H and O–H groups in total. The number of rotatable bonds is 11. The van der Waals surface area contributed by atoms with Crippen molar-refractivity contribution in [2.75, 3.05) is 13.2 Å². The normalized spacial score (nSPS) is 22.3. The maximum absolute atomic E-state index is 14.5. The van der Waals surface area contributed by atoms with Crippen molar-refractivity contribution in [3.8, 4) is 0 Å². The van der Waals surface area contributed by atoms with Crippen molar-refractivity contribution in [1.82, 2.24) is 10.2 Å². The van der Waals surface area contributed by atoms with Crippen molar-refractivity contribution >= 4 is 46.6 Å². The summed E-state index contributed by atoms with van der Waals surface area (Å²) in [4.78, 5) is 38.7. The number of benzene rings is 2. The maximum Gasteiger partial charge on any atom is 0.275 e. The molecule has 0 saturated heterocycles. The average Bonchev–Trinajstić information content (AvgIpc) is 3.61. The Morgan fingerprint density at radius 3 is 2.37 bits per heavy atom. The molecule has 8 nitrogen and oxygen atoms in total. The highest BCUT2D eigenvalue weighted by atomic mass is 35.5. The molecule has 1 spiro atoms. The number of carbonyl (C=O) groups excluding carboxylic acids is 2. The predicted molar refractivity (Wildman–Crippen MR) is 172 cm³/mol. The van der Waals surface area contributed by atoms with Gasteiger partial charge in [-0.1, -0.05) is 75.4 Å². The predicted octanol–water partition coefficient (Wildman–Crippen LogP) is 8.04. The molecule has 1 fully saturated rings. The zero-order chi connectivity index (χ0) is 30.6. The number of carbonyl (C=O) groups is 2. The van der Waals surface area contributed by atoms with E-state index in [0.717, 1.165) is 56.9 Å². The summed E-state index contributed by atoms with van der Waals surface area (Å²) >= 11 is 12.7. The number of halogens is 2. The molecule has 1 aliphatic carbocycles. The Balaban J connectivity index is 1.47. The fraction of sp³-hybridized carbons (Fsp3) is 0.515. The minimum atomic E-state index is -0.629. The summed E-state index contributed by atoms with van der Waals surface area (Å²) in [5.74, 6) is 1.42. The van der Waals surface area contributed by atoms with Gasteiger partial charge in [-0.3, -0.25) is 14.6 Å². The fourth-order valence-electron chi connectivity index (χ4n) is 6.54. The van der Waals surface area contributed by atoms with E-state index in [2.05, 4.69) is 46.2 Å². The van der Waals surface area contributed by atoms with E-state index in [1.165, 1.54) is 0 Å². The van der Waals surface area contributed by atoms with Gasteiger partial charge in [-0.2, -0.15) is 5.11 Å². The summed E-state index contributed by atoms with van der Waals surface area (Å²) in [5, 5.41) is 11.5. The average molecular weight is 624 g/mol. The second-order valence-corrected chi connectivity index (χ2v) is 13.0. The summed E-state index contributed by atoms with van der Waals surface area (Å²) in [6.45, 7) is 7.28. The smallest absolute Gasteiger partial charge is 0.275 e. The molecule has 2 aromatic rings. The Hall–Kier alpha value is -3.10. The van der Waals surface area contributed by atoms with Crippen LogP contribution in [0.4, 0.5) is 0 Å². The first-order chi connectivity index (χ1) is 20.7. The molecule has 2 aromatic carbocycles. The molecule has 228 valence electrons. The van der Waals surface area contributed by atoms with Gasteiger partial charge in [-0.25, -0.2) is 4.99 Å². The third-order valence-electron chi connectivity index (χ3n) is 8.96. The number of hydrogen-bond acceptors (Lipinski definition) is 6. The molecule has 10 heteroatoms. The number of nitrogens with zero attached hydrogens (tertiary/aromatic N) is 5. The highest BCUT2D eigenvalue weighted by molar-refractivity contribution is 6.47. The van der Waals surface area contributed by atoms with Gasteiger partial charge in [0.25, 0.3) is 11.8 Å². The van der Waals surface area contributed by atoms with Gasteiger partial charge in [-0.05, 0) is 79.8 Å². The Labute approximate surface area is 264 Å². The lowest BCUT2D eigenvalue weighted by molar-refractivity contribution is -0.133. The van der Waals surface area contributed by atoms with E-state index >= 15 is 0 Å². The first kappa shape index (κ1) is 31.3. The summed E-state index contributed by atoms with van der Waals surface area (Å²) in [6, 6.07) is 12.7. The number of nitrogens with one attached hydrogen (secondary N) is 1. The zero-order valence-corrected chi connectivity index (χ0v) is 26.7. The van der Waals surface area contributed by atoms with E-state index in [1.807, 2.05) is 24.3 Å². The van der Waals surface area contributed by atoms with Crippen LogP contribution in [0.15, 0.2) is 62.7 Å². The second kappa shape index (κ2) is 13.7. The maximum atomic E-state index is 14.5. The van der Waals surface area contributed by atoms with Gasteiger partial charge in [0.05, 0.1) is 12.6 Å². The van der Waals surface area contributed by atoms with Crippen LogP contribution in [-0.4, -0.2) is 47.1 Å². The molecule has 2 amide bonds. The van der Waals surface area contributed by atoms with Crippen LogP contribution < -0.4 is 5.32 Å². The number of azo groups is 1. The molecular weight excluding hydrogens is 583 g/mol. The quantitative estimate of drug-likeness (QED) is 0.256. The first-order valence-electron chi connectivity index (χ1n) is 15.4. The SMILES string of the molecule is CCCCC[C@H](c1ccc(C(=O)NCC2=NCN=N2)cc1)N1C(=O)C(c2cc(Cl)cc(Cl)c2)=NC12CCC(C(C)C)CC2. The third-order valence-corrected chi connectivity index (χ3v) is 9.40. The van der Waals surface area contributed by atoms with Gasteiger partial charge in [-0.15, -0.1) is 5.11 Å². The second-order valence-electron chi connectivity index (χ2n) is 12.1. The Kier molecular flexibility index (Phi) is 9.97. The van der Waals surface area contributed by atoms with E-state index in [0.29, 0.717) is 51.2 Å². The number of hydrogen-bond donors (Lipinski definition) is 1. The minimum Gasteiger partial charge on any atom is -0.345 e. The monoisotopic (exact) mass is 622 g/mol. The molecule has 0 unspecified atom stereocenters. The molecule has 1 saturated carbocycles. The van der Waals surface area contributed by atoms with Crippen molar-refractivity contribution in [3.63, 3.8) is 0 Å². The summed E-state index contributed by atoms with van der Waals surface area (Å²) in [7, 11) is 0. The standard InChI is InChI=1S/C33H40Cl2N6O2/c1-4-5-6-7-28(23-8-10-24(11-9-23)31(42)36-19-29-37-20-38-40-29)41-32(43)30(25-16-26(34)18-27(35)17-25)39-33(41)14-12-22(13-15-33)21(2)3/h8-11,16-18,21-22,28H,4-7,12-15,19-20H2,1-3H3,(H,36,42)/t22?,28-,33?/m1/s1. The summed E-state index contributed by atoms with van der Waals surface area (Å²) in [6.07, 6.45) is 7.59. The third kappa shape index (κ3) is 7.01. The van der Waals surface area contributed by atoms with Gasteiger partial charge in [0, 0.05) is 21.2 Å². The van der Waals surface area contributed by atoms with E-state index < -0.39 is 5.66 Å². The van der Waals surface area contributed by atoms with Crippen molar-refractivity contribution < 1.29 is 9.59 Å². The molecular formula is C33H40Cl2N6O2. The number of aliphatic imine (C=N–C) groups is 2. The molecule has 1 atom stereocenters. The Bertz CT molecular complexity index is 1410. The van der Waals surface area contributed by atoms with Crippen molar-refractivity contribution in [3.05, 3.63) is 69.2 Å². The van der Waals surface area contributed by atoms with Gasteiger partial charge >= 0.3 is 0 Å². The lowest BCUT2D eigenvalue weighted by Gasteiger charge is -2.46. The van der Waals surface area contributed by atoms with Gasteiger partial charge < -0.3 is 10.2 Å². The Morgan fingerprint density at radius 1 is 1.07 bits per heavy atom. The molecule has 2 aliphatic heterocycles. The highest BCUT2D eigenvalue weighted by Crippen LogP contribution is 2.48.